The van der Waals surface area contributed by atoms with E-state index in [2.05, 4.69) is 16.5 Å². The van der Waals surface area contributed by atoms with Gasteiger partial charge in [0.25, 0.3) is 0 Å². The van der Waals surface area contributed by atoms with Crippen LogP contribution in [0.2, 0.25) is 0 Å². The first kappa shape index (κ1) is 20.8. The molecule has 4 rings (SSSR count). The first-order chi connectivity index (χ1) is 14.8. The number of likely N-dealkylation sites (tertiary alicyclic amines) is 1. The highest BCUT2D eigenvalue weighted by atomic mass is 16.4. The van der Waals surface area contributed by atoms with Gasteiger partial charge in [0.15, 0.2) is 5.82 Å². The van der Waals surface area contributed by atoms with Gasteiger partial charge in [-0.1, -0.05) is 6.07 Å². The Morgan fingerprint density at radius 3 is 2.58 bits per heavy atom. The number of urea groups is 1. The zero-order chi connectivity index (χ0) is 22.1. The molecule has 164 valence electrons. The number of nitrogens with one attached hydrogen (secondary N) is 1. The van der Waals surface area contributed by atoms with E-state index in [0.717, 1.165) is 29.3 Å². The lowest BCUT2D eigenvalue weighted by Crippen LogP contribution is -2.49. The maximum atomic E-state index is 12.2. The highest BCUT2D eigenvalue weighted by molar-refractivity contribution is 6.08. The largest absolute Gasteiger partial charge is 0.481 e. The molecule has 2 aliphatic rings. The predicted octanol–water partition coefficient (Wildman–Crippen LogP) is 1.59. The minimum Gasteiger partial charge on any atom is -0.481 e. The van der Waals surface area contributed by atoms with E-state index in [0.29, 0.717) is 31.4 Å². The maximum absolute atomic E-state index is 12.2. The average molecular weight is 427 g/mol. The smallest absolute Gasteiger partial charge is 0.329 e. The number of rotatable bonds is 5. The lowest BCUT2D eigenvalue weighted by Gasteiger charge is -2.32. The number of carbonyl (C=O) groups excluding carboxylic acids is 3. The summed E-state index contributed by atoms with van der Waals surface area (Å²) in [6.07, 6.45) is 1.77. The molecule has 10 nitrogen and oxygen atoms in total. The number of benzene rings is 1. The van der Waals surface area contributed by atoms with Crippen molar-refractivity contribution in [3.8, 4) is 0 Å². The zero-order valence-corrected chi connectivity index (χ0v) is 17.3. The SMILES string of the molecule is Cn1nc(N2CCC(=O)NC2=O)c2ccc(C3CCN(C(=O)CCC(=O)O)CC3)cc21. The van der Waals surface area contributed by atoms with E-state index < -0.39 is 12.0 Å². The predicted molar refractivity (Wildman–Crippen MR) is 112 cm³/mol. The summed E-state index contributed by atoms with van der Waals surface area (Å²) in [6, 6.07) is 5.61. The van der Waals surface area contributed by atoms with Crippen LogP contribution in [0.15, 0.2) is 18.2 Å². The van der Waals surface area contributed by atoms with Crippen molar-refractivity contribution in [1.29, 1.82) is 0 Å². The van der Waals surface area contributed by atoms with Crippen LogP contribution in [0, 0.1) is 0 Å². The van der Waals surface area contributed by atoms with Crippen molar-refractivity contribution in [1.82, 2.24) is 20.0 Å². The number of imide groups is 1. The van der Waals surface area contributed by atoms with Crippen molar-refractivity contribution in [3.05, 3.63) is 23.8 Å². The summed E-state index contributed by atoms with van der Waals surface area (Å²) >= 11 is 0. The number of hydrogen-bond acceptors (Lipinski definition) is 5. The van der Waals surface area contributed by atoms with Crippen LogP contribution in [-0.2, 0) is 21.4 Å². The van der Waals surface area contributed by atoms with Gasteiger partial charge in [0.05, 0.1) is 11.9 Å². The van der Waals surface area contributed by atoms with Gasteiger partial charge in [0, 0.05) is 44.9 Å². The maximum Gasteiger partial charge on any atom is 0.329 e. The van der Waals surface area contributed by atoms with Gasteiger partial charge in [-0.25, -0.2) is 4.79 Å². The van der Waals surface area contributed by atoms with Gasteiger partial charge in [0.1, 0.15) is 0 Å². The van der Waals surface area contributed by atoms with Crippen molar-refractivity contribution in [2.24, 2.45) is 7.05 Å². The van der Waals surface area contributed by atoms with Crippen LogP contribution in [0.25, 0.3) is 10.9 Å². The van der Waals surface area contributed by atoms with Gasteiger partial charge < -0.3 is 10.0 Å². The Bertz CT molecular complexity index is 1050. The standard InChI is InChI=1S/C21H25N5O5/c1-24-16-12-14(13-6-9-25(10-7-13)18(28)4-5-19(29)30)2-3-15(16)20(23-24)26-11-8-17(27)22-21(26)31/h2-3,12-13H,4-11H2,1H3,(H,29,30)(H,22,27,31). The normalized spacial score (nSPS) is 17.8. The fourth-order valence-electron chi connectivity index (χ4n) is 4.31. The van der Waals surface area contributed by atoms with Gasteiger partial charge >= 0.3 is 12.0 Å². The number of amides is 4. The molecule has 0 aliphatic carbocycles. The number of aliphatic carboxylic acids is 1. The number of carboxylic acid groups (broad SMARTS) is 1. The Balaban J connectivity index is 1.47. The summed E-state index contributed by atoms with van der Waals surface area (Å²) in [5.41, 5.74) is 2.05. The second-order valence-electron chi connectivity index (χ2n) is 8.03. The molecule has 0 unspecified atom stereocenters. The van der Waals surface area contributed by atoms with E-state index in [1.54, 1.807) is 9.58 Å². The molecule has 2 N–H and O–H groups in total. The molecule has 4 amide bonds. The third-order valence-corrected chi connectivity index (χ3v) is 6.04. The van der Waals surface area contributed by atoms with Crippen LogP contribution >= 0.6 is 0 Å². The Labute approximate surface area is 178 Å². The molecular weight excluding hydrogens is 402 g/mol. The summed E-state index contributed by atoms with van der Waals surface area (Å²) in [6.45, 7) is 1.52. The fraction of sp³-hybridized carbons (Fsp3) is 0.476. The molecule has 0 saturated carbocycles. The number of hydrogen-bond donors (Lipinski definition) is 2. The minimum atomic E-state index is -0.958. The second-order valence-corrected chi connectivity index (χ2v) is 8.03. The fourth-order valence-corrected chi connectivity index (χ4v) is 4.31. The molecule has 0 spiro atoms. The van der Waals surface area contributed by atoms with Gasteiger partial charge in [-0.2, -0.15) is 5.10 Å². The Morgan fingerprint density at radius 2 is 1.90 bits per heavy atom. The van der Waals surface area contributed by atoms with E-state index in [9.17, 15) is 19.2 Å². The van der Waals surface area contributed by atoms with Crippen molar-refractivity contribution in [2.45, 2.75) is 38.0 Å². The minimum absolute atomic E-state index is 0.0411. The Morgan fingerprint density at radius 1 is 1.16 bits per heavy atom. The molecule has 3 heterocycles. The lowest BCUT2D eigenvalue weighted by molar-refractivity contribution is -0.141. The number of nitrogens with zero attached hydrogens (tertiary/aromatic N) is 4. The number of carbonyl (C=O) groups is 4. The molecular formula is C21H25N5O5. The van der Waals surface area contributed by atoms with Crippen molar-refractivity contribution >= 4 is 40.5 Å². The molecule has 0 bridgehead atoms. The topological polar surface area (TPSA) is 125 Å². The first-order valence-corrected chi connectivity index (χ1v) is 10.4. The summed E-state index contributed by atoms with van der Waals surface area (Å²) < 4.78 is 1.74. The number of carboxylic acids is 1. The second kappa shape index (κ2) is 8.37. The Hall–Kier alpha value is -3.43. The molecule has 31 heavy (non-hydrogen) atoms. The van der Waals surface area contributed by atoms with Crippen molar-refractivity contribution in [2.75, 3.05) is 24.5 Å². The van der Waals surface area contributed by atoms with Crippen LogP contribution in [0.5, 0.6) is 0 Å². The first-order valence-electron chi connectivity index (χ1n) is 10.4. The van der Waals surface area contributed by atoms with Crippen LogP contribution in [0.1, 0.15) is 43.6 Å². The van der Waals surface area contributed by atoms with E-state index in [-0.39, 0.29) is 31.1 Å². The molecule has 2 fully saturated rings. The molecule has 2 aromatic rings. The average Bonchev–Trinajstić information content (AvgIpc) is 3.08. The van der Waals surface area contributed by atoms with Gasteiger partial charge in [-0.15, -0.1) is 0 Å². The van der Waals surface area contributed by atoms with Crippen molar-refractivity contribution < 1.29 is 24.3 Å². The third kappa shape index (κ3) is 4.23. The van der Waals surface area contributed by atoms with Crippen LogP contribution in [0.4, 0.5) is 10.6 Å². The zero-order valence-electron chi connectivity index (χ0n) is 17.3. The monoisotopic (exact) mass is 427 g/mol. The molecule has 2 saturated heterocycles. The Kier molecular flexibility index (Phi) is 5.62. The van der Waals surface area contributed by atoms with E-state index in [1.807, 2.05) is 19.2 Å². The molecule has 1 aromatic carbocycles. The van der Waals surface area contributed by atoms with Gasteiger partial charge in [-0.3, -0.25) is 29.3 Å². The third-order valence-electron chi connectivity index (χ3n) is 6.04. The van der Waals surface area contributed by atoms with Gasteiger partial charge in [-0.05, 0) is 36.5 Å². The molecule has 0 atom stereocenters. The van der Waals surface area contributed by atoms with E-state index >= 15 is 0 Å². The molecule has 0 radical (unpaired) electrons. The number of fused-ring (bicyclic) bond motifs is 1. The summed E-state index contributed by atoms with van der Waals surface area (Å²) in [5, 5.41) is 16.4. The van der Waals surface area contributed by atoms with E-state index in [4.69, 9.17) is 5.11 Å². The lowest BCUT2D eigenvalue weighted by atomic mass is 9.89. The highest BCUT2D eigenvalue weighted by Gasteiger charge is 2.29. The number of piperidine rings is 1. The van der Waals surface area contributed by atoms with Gasteiger partial charge in [0.2, 0.25) is 11.8 Å². The van der Waals surface area contributed by atoms with Crippen LogP contribution in [-0.4, -0.2) is 63.2 Å². The van der Waals surface area contributed by atoms with Crippen LogP contribution in [0.3, 0.4) is 0 Å². The summed E-state index contributed by atoms with van der Waals surface area (Å²) in [4.78, 5) is 49.7. The number of anilines is 1. The van der Waals surface area contributed by atoms with E-state index in [1.165, 1.54) is 4.90 Å². The summed E-state index contributed by atoms with van der Waals surface area (Å²) in [5.74, 6) is -0.516. The highest BCUT2D eigenvalue weighted by Crippen LogP contribution is 2.33. The molecule has 1 aromatic heterocycles. The van der Waals surface area contributed by atoms with Crippen molar-refractivity contribution in [3.63, 3.8) is 0 Å². The quantitative estimate of drug-likeness (QED) is 0.747. The molecule has 2 aliphatic heterocycles. The number of aryl methyl sites for hydroxylation is 1. The molecule has 10 heteroatoms. The van der Waals surface area contributed by atoms with Crippen LogP contribution < -0.4 is 10.2 Å². The number of aromatic nitrogens is 2. The summed E-state index contributed by atoms with van der Waals surface area (Å²) in [7, 11) is 1.83.